The largest absolute Gasteiger partial charge is 0.444 e. The van der Waals surface area contributed by atoms with Gasteiger partial charge < -0.3 is 15.4 Å². The monoisotopic (exact) mass is 531 g/mol. The molecule has 0 saturated heterocycles. The van der Waals surface area contributed by atoms with Crippen LogP contribution in [0.25, 0.3) is 0 Å². The van der Waals surface area contributed by atoms with Crippen LogP contribution in [0.15, 0.2) is 54.6 Å². The topological polar surface area (TPSA) is 87.7 Å². The van der Waals surface area contributed by atoms with Gasteiger partial charge in [-0.2, -0.15) is 0 Å². The van der Waals surface area contributed by atoms with Gasteiger partial charge in [0.2, 0.25) is 5.91 Å². The predicted octanol–water partition coefficient (Wildman–Crippen LogP) is 5.29. The number of terminal acetylenes is 1. The molecule has 0 bridgehead atoms. The van der Waals surface area contributed by atoms with Crippen molar-refractivity contribution in [3.8, 4) is 12.5 Å². The van der Waals surface area contributed by atoms with Crippen LogP contribution in [-0.2, 0) is 27.2 Å². The molecule has 1 fully saturated rings. The van der Waals surface area contributed by atoms with Crippen LogP contribution in [-0.4, -0.2) is 40.5 Å². The Morgan fingerprint density at radius 1 is 1.00 bits per heavy atom. The summed E-state index contributed by atoms with van der Waals surface area (Å²) in [4.78, 5) is 41.7. The highest BCUT2D eigenvalue weighted by molar-refractivity contribution is 5.93. The van der Waals surface area contributed by atoms with Crippen molar-refractivity contribution >= 4 is 17.9 Å². The lowest BCUT2D eigenvalue weighted by atomic mass is 9.94. The molecule has 2 unspecified atom stereocenters. The number of ether oxygens (including phenoxy) is 1. The molecule has 3 rings (SSSR count). The third-order valence-electron chi connectivity index (χ3n) is 6.81. The number of alkyl carbamates (subject to hydrolysis) is 1. The van der Waals surface area contributed by atoms with Gasteiger partial charge in [0.25, 0.3) is 5.91 Å². The number of benzene rings is 2. The summed E-state index contributed by atoms with van der Waals surface area (Å²) in [5, 5.41) is 5.84. The summed E-state index contributed by atoms with van der Waals surface area (Å²) < 4.78 is 5.44. The van der Waals surface area contributed by atoms with Crippen molar-refractivity contribution in [1.29, 1.82) is 0 Å². The van der Waals surface area contributed by atoms with Crippen LogP contribution in [0.4, 0.5) is 4.79 Å². The molecule has 2 aromatic carbocycles. The normalized spacial score (nSPS) is 15.4. The summed E-state index contributed by atoms with van der Waals surface area (Å²) >= 11 is 0. The van der Waals surface area contributed by atoms with Crippen molar-refractivity contribution in [3.05, 3.63) is 71.3 Å². The Bertz CT molecular complexity index is 1140. The van der Waals surface area contributed by atoms with Gasteiger partial charge in [0, 0.05) is 18.5 Å². The van der Waals surface area contributed by atoms with Gasteiger partial charge in [0.15, 0.2) is 0 Å². The molecule has 0 spiro atoms. The number of hydrogen-bond donors (Lipinski definition) is 2. The molecular weight excluding hydrogens is 490 g/mol. The zero-order valence-corrected chi connectivity index (χ0v) is 23.5. The minimum atomic E-state index is -1.05. The number of hydrogen-bond acceptors (Lipinski definition) is 4. The number of nitrogens with zero attached hydrogens (tertiary/aromatic N) is 1. The molecule has 3 amide bonds. The molecule has 7 heteroatoms. The van der Waals surface area contributed by atoms with E-state index in [9.17, 15) is 14.4 Å². The Kier molecular flexibility index (Phi) is 10.6. The molecule has 2 atom stereocenters. The lowest BCUT2D eigenvalue weighted by Gasteiger charge is -2.32. The average molecular weight is 532 g/mol. The van der Waals surface area contributed by atoms with Crippen LogP contribution in [0.2, 0.25) is 0 Å². The van der Waals surface area contributed by atoms with E-state index in [0.29, 0.717) is 5.56 Å². The van der Waals surface area contributed by atoms with Crippen LogP contribution in [0.1, 0.15) is 82.5 Å². The smallest absolute Gasteiger partial charge is 0.408 e. The summed E-state index contributed by atoms with van der Waals surface area (Å²) in [7, 11) is 0. The van der Waals surface area contributed by atoms with Crippen LogP contribution in [0, 0.1) is 12.5 Å². The van der Waals surface area contributed by atoms with Gasteiger partial charge in [0.05, 0.1) is 0 Å². The van der Waals surface area contributed by atoms with Gasteiger partial charge in [-0.25, -0.2) is 4.79 Å². The van der Waals surface area contributed by atoms with Gasteiger partial charge >= 0.3 is 6.09 Å². The van der Waals surface area contributed by atoms with Crippen molar-refractivity contribution < 1.29 is 19.1 Å². The van der Waals surface area contributed by atoms with E-state index in [1.54, 1.807) is 20.8 Å². The predicted molar refractivity (Wildman–Crippen MR) is 153 cm³/mol. The van der Waals surface area contributed by atoms with Crippen molar-refractivity contribution in [2.24, 2.45) is 0 Å². The molecule has 1 aliphatic rings. The number of nitrogens with one attached hydrogen (secondary N) is 2. The highest BCUT2D eigenvalue weighted by Gasteiger charge is 2.36. The second kappa shape index (κ2) is 13.8. The van der Waals surface area contributed by atoms with Crippen LogP contribution < -0.4 is 10.6 Å². The molecule has 0 heterocycles. The van der Waals surface area contributed by atoms with Crippen molar-refractivity contribution in [2.75, 3.05) is 0 Å². The maximum Gasteiger partial charge on any atom is 0.408 e. The third-order valence-corrected chi connectivity index (χ3v) is 6.81. The van der Waals surface area contributed by atoms with Crippen molar-refractivity contribution in [3.63, 3.8) is 0 Å². The number of carbonyl (C=O) groups is 3. The molecule has 2 aromatic rings. The van der Waals surface area contributed by atoms with Crippen molar-refractivity contribution in [1.82, 2.24) is 15.5 Å². The van der Waals surface area contributed by atoms with E-state index in [1.165, 1.54) is 0 Å². The number of amides is 3. The zero-order valence-electron chi connectivity index (χ0n) is 23.5. The van der Waals surface area contributed by atoms with Gasteiger partial charge in [-0.15, -0.1) is 0 Å². The molecule has 7 nitrogen and oxygen atoms in total. The first-order chi connectivity index (χ1) is 18.6. The summed E-state index contributed by atoms with van der Waals surface area (Å²) in [6.45, 7) is 7.30. The SMILES string of the molecule is C#CN(C(=O)C(Cc1ccccc1)NC(=O)OC(C)(C)C)C(C(=O)NC1CCCCC1)c1ccc(CC)cc1. The van der Waals surface area contributed by atoms with Crippen LogP contribution in [0.3, 0.4) is 0 Å². The summed E-state index contributed by atoms with van der Waals surface area (Å²) in [5.74, 6) is -0.885. The third kappa shape index (κ3) is 8.88. The first-order valence-corrected chi connectivity index (χ1v) is 13.8. The fourth-order valence-electron chi connectivity index (χ4n) is 4.81. The minimum absolute atomic E-state index is 0.0402. The Balaban J connectivity index is 1.95. The standard InChI is InChI=1S/C32H41N3O4/c1-6-23-18-20-25(21-19-23)28(29(36)33-26-16-12-9-13-17-26)35(7-2)30(37)27(22-24-14-10-8-11-15-24)34-31(38)39-32(3,4)5/h2,8,10-11,14-15,18-21,26-28H,6,9,12-13,16-17,22H2,1,3-5H3,(H,33,36)(H,34,38). The van der Waals surface area contributed by atoms with Crippen molar-refractivity contribution in [2.45, 2.75) is 96.4 Å². The maximum atomic E-state index is 14.0. The molecule has 0 aromatic heterocycles. The molecule has 0 aliphatic heterocycles. The molecule has 1 aliphatic carbocycles. The first-order valence-electron chi connectivity index (χ1n) is 13.8. The highest BCUT2D eigenvalue weighted by atomic mass is 16.6. The number of carbonyl (C=O) groups excluding carboxylic acids is 3. The summed E-state index contributed by atoms with van der Waals surface area (Å²) in [5.41, 5.74) is 1.80. The molecule has 39 heavy (non-hydrogen) atoms. The van der Waals surface area contributed by atoms with Gasteiger partial charge in [-0.05, 0) is 56.7 Å². The molecule has 0 radical (unpaired) electrons. The fraction of sp³-hybridized carbons (Fsp3) is 0.469. The second-order valence-electron chi connectivity index (χ2n) is 11.1. The van der Waals surface area contributed by atoms with E-state index < -0.39 is 29.7 Å². The van der Waals surface area contributed by atoms with E-state index in [1.807, 2.05) is 54.6 Å². The Morgan fingerprint density at radius 2 is 1.64 bits per heavy atom. The van der Waals surface area contributed by atoms with Crippen LogP contribution in [0.5, 0.6) is 0 Å². The van der Waals surface area contributed by atoms with E-state index >= 15 is 0 Å². The zero-order chi connectivity index (χ0) is 28.4. The maximum absolute atomic E-state index is 14.0. The fourth-order valence-corrected chi connectivity index (χ4v) is 4.81. The Morgan fingerprint density at radius 3 is 2.21 bits per heavy atom. The molecule has 2 N–H and O–H groups in total. The Hall–Kier alpha value is -3.79. The summed E-state index contributed by atoms with van der Waals surface area (Å²) in [6.07, 6.45) is 11.3. The van der Waals surface area contributed by atoms with Gasteiger partial charge in [-0.1, -0.05) is 87.2 Å². The van der Waals surface area contributed by atoms with E-state index in [-0.39, 0.29) is 18.4 Å². The molecule has 1 saturated carbocycles. The van der Waals surface area contributed by atoms with Crippen LogP contribution >= 0.6 is 0 Å². The number of rotatable bonds is 9. The minimum Gasteiger partial charge on any atom is -0.444 e. The second-order valence-corrected chi connectivity index (χ2v) is 11.1. The quantitative estimate of drug-likeness (QED) is 0.340. The molecular formula is C32H41N3O4. The summed E-state index contributed by atoms with van der Waals surface area (Å²) in [6, 6.07) is 17.3. The average Bonchev–Trinajstić information content (AvgIpc) is 2.91. The molecule has 208 valence electrons. The van der Waals surface area contributed by atoms with E-state index in [2.05, 4.69) is 23.6 Å². The highest BCUT2D eigenvalue weighted by Crippen LogP contribution is 2.25. The lowest BCUT2D eigenvalue weighted by molar-refractivity contribution is -0.139. The lowest BCUT2D eigenvalue weighted by Crippen LogP contribution is -2.53. The Labute approximate surface area is 232 Å². The van der Waals surface area contributed by atoms with E-state index in [0.717, 1.165) is 54.6 Å². The van der Waals surface area contributed by atoms with Gasteiger partial charge in [0.1, 0.15) is 17.7 Å². The first kappa shape index (κ1) is 29.8. The number of aryl methyl sites for hydroxylation is 1. The van der Waals surface area contributed by atoms with Gasteiger partial charge in [-0.3, -0.25) is 14.5 Å². The van der Waals surface area contributed by atoms with E-state index in [4.69, 9.17) is 11.2 Å².